The van der Waals surface area contributed by atoms with Crippen molar-refractivity contribution >= 4 is 11.6 Å². The Kier molecular flexibility index (Phi) is 4.40. The van der Waals surface area contributed by atoms with Crippen molar-refractivity contribution in [1.82, 2.24) is 21.0 Å². The highest BCUT2D eigenvalue weighted by Gasteiger charge is 2.30. The highest BCUT2D eigenvalue weighted by Crippen LogP contribution is 2.32. The number of halogens is 1. The first-order valence-corrected chi connectivity index (χ1v) is 8.35. The highest BCUT2D eigenvalue weighted by atomic mass is 35.5. The van der Waals surface area contributed by atoms with Crippen LogP contribution in [0.5, 0.6) is 5.75 Å². The Balaban J connectivity index is 1.49. The van der Waals surface area contributed by atoms with Crippen molar-refractivity contribution in [2.45, 2.75) is 18.5 Å². The molecule has 128 valence electrons. The van der Waals surface area contributed by atoms with Gasteiger partial charge in [-0.1, -0.05) is 28.9 Å². The van der Waals surface area contributed by atoms with Gasteiger partial charge in [-0.15, -0.1) is 0 Å². The number of hydrogen-bond donors (Lipinski definition) is 2. The Hall–Kier alpha value is -2.41. The molecule has 2 heterocycles. The molecule has 3 aromatic rings. The van der Waals surface area contributed by atoms with E-state index in [2.05, 4.69) is 21.0 Å². The summed E-state index contributed by atoms with van der Waals surface area (Å²) >= 11 is 6.07. The largest absolute Gasteiger partial charge is 0.497 e. The minimum absolute atomic E-state index is 0.0523. The lowest BCUT2D eigenvalue weighted by molar-refractivity contribution is 0.340. The predicted molar refractivity (Wildman–Crippen MR) is 94.1 cm³/mol. The molecule has 0 amide bonds. The fraction of sp³-hybridized carbons (Fsp3) is 0.222. The van der Waals surface area contributed by atoms with Crippen molar-refractivity contribution in [2.24, 2.45) is 0 Å². The zero-order valence-electron chi connectivity index (χ0n) is 13.6. The zero-order chi connectivity index (χ0) is 17.2. The van der Waals surface area contributed by atoms with Crippen LogP contribution in [0.25, 0.3) is 11.4 Å². The van der Waals surface area contributed by atoms with E-state index in [0.29, 0.717) is 11.7 Å². The van der Waals surface area contributed by atoms with E-state index in [1.54, 1.807) is 7.11 Å². The molecule has 0 radical (unpaired) electrons. The quantitative estimate of drug-likeness (QED) is 0.743. The van der Waals surface area contributed by atoms with Gasteiger partial charge < -0.3 is 9.26 Å². The first kappa shape index (κ1) is 16.1. The molecule has 0 saturated carbocycles. The lowest BCUT2D eigenvalue weighted by Crippen LogP contribution is -2.26. The van der Waals surface area contributed by atoms with Gasteiger partial charge in [-0.3, -0.25) is 0 Å². The number of hydrogen-bond acceptors (Lipinski definition) is 6. The Morgan fingerprint density at radius 2 is 1.92 bits per heavy atom. The van der Waals surface area contributed by atoms with Crippen molar-refractivity contribution in [3.8, 4) is 17.1 Å². The molecule has 6 nitrogen and oxygen atoms in total. The van der Waals surface area contributed by atoms with Gasteiger partial charge in [-0.25, -0.2) is 10.9 Å². The summed E-state index contributed by atoms with van der Waals surface area (Å²) in [7, 11) is 1.64. The minimum atomic E-state index is -0.0523. The van der Waals surface area contributed by atoms with E-state index >= 15 is 0 Å². The molecule has 7 heteroatoms. The lowest BCUT2D eigenvalue weighted by atomic mass is 10.0. The summed E-state index contributed by atoms with van der Waals surface area (Å²) in [6, 6.07) is 15.5. The minimum Gasteiger partial charge on any atom is -0.497 e. The van der Waals surface area contributed by atoms with E-state index in [1.165, 1.54) is 0 Å². The second kappa shape index (κ2) is 6.84. The predicted octanol–water partition coefficient (Wildman–Crippen LogP) is 3.68. The van der Waals surface area contributed by atoms with Gasteiger partial charge in [-0.05, 0) is 48.4 Å². The number of nitrogens with one attached hydrogen (secondary N) is 2. The van der Waals surface area contributed by atoms with Gasteiger partial charge in [-0.2, -0.15) is 4.98 Å². The molecule has 2 aromatic carbocycles. The van der Waals surface area contributed by atoms with E-state index in [9.17, 15) is 0 Å². The van der Waals surface area contributed by atoms with Crippen LogP contribution >= 0.6 is 11.6 Å². The SMILES string of the molecule is COc1ccc(-c2noc(C3CC(c4cccc(Cl)c4)NN3)n2)cc1. The van der Waals surface area contributed by atoms with Gasteiger partial charge in [0.05, 0.1) is 7.11 Å². The summed E-state index contributed by atoms with van der Waals surface area (Å²) < 4.78 is 10.6. The Morgan fingerprint density at radius 3 is 2.68 bits per heavy atom. The summed E-state index contributed by atoms with van der Waals surface area (Å²) in [5.41, 5.74) is 8.48. The average molecular weight is 357 g/mol. The van der Waals surface area contributed by atoms with Crippen molar-refractivity contribution in [2.75, 3.05) is 7.11 Å². The third kappa shape index (κ3) is 3.37. The smallest absolute Gasteiger partial charge is 0.245 e. The van der Waals surface area contributed by atoms with Crippen LogP contribution < -0.4 is 15.6 Å². The van der Waals surface area contributed by atoms with Crippen molar-refractivity contribution in [3.05, 3.63) is 65.0 Å². The summed E-state index contributed by atoms with van der Waals surface area (Å²) in [5, 5.41) is 4.81. The van der Waals surface area contributed by atoms with Crippen LogP contribution in [0.2, 0.25) is 5.02 Å². The second-order valence-electron chi connectivity index (χ2n) is 5.87. The van der Waals surface area contributed by atoms with Gasteiger partial charge in [0, 0.05) is 16.6 Å². The zero-order valence-corrected chi connectivity index (χ0v) is 14.3. The number of ether oxygens (including phenoxy) is 1. The van der Waals surface area contributed by atoms with Gasteiger partial charge >= 0.3 is 0 Å². The Morgan fingerprint density at radius 1 is 1.12 bits per heavy atom. The first-order valence-electron chi connectivity index (χ1n) is 7.97. The molecule has 1 aliphatic rings. The second-order valence-corrected chi connectivity index (χ2v) is 6.31. The molecule has 1 aromatic heterocycles. The number of rotatable bonds is 4. The van der Waals surface area contributed by atoms with Crippen molar-refractivity contribution < 1.29 is 9.26 Å². The van der Waals surface area contributed by atoms with Crippen LogP contribution in [0.1, 0.15) is 30.0 Å². The Bertz CT molecular complexity index is 866. The summed E-state index contributed by atoms with van der Waals surface area (Å²) in [4.78, 5) is 4.52. The lowest BCUT2D eigenvalue weighted by Gasteiger charge is -2.09. The van der Waals surface area contributed by atoms with E-state index in [1.807, 2.05) is 48.5 Å². The molecule has 1 saturated heterocycles. The molecule has 1 aliphatic heterocycles. The van der Waals surface area contributed by atoms with Crippen molar-refractivity contribution in [3.63, 3.8) is 0 Å². The van der Waals surface area contributed by atoms with Gasteiger partial charge in [0.15, 0.2) is 0 Å². The van der Waals surface area contributed by atoms with Crippen LogP contribution in [0.3, 0.4) is 0 Å². The number of nitrogens with zero attached hydrogens (tertiary/aromatic N) is 2. The third-order valence-corrected chi connectivity index (χ3v) is 4.48. The molecule has 2 N–H and O–H groups in total. The Labute approximate surface area is 150 Å². The molecule has 4 rings (SSSR count). The topological polar surface area (TPSA) is 72.2 Å². The highest BCUT2D eigenvalue weighted by molar-refractivity contribution is 6.30. The monoisotopic (exact) mass is 356 g/mol. The number of aromatic nitrogens is 2. The van der Waals surface area contributed by atoms with E-state index < -0.39 is 0 Å². The van der Waals surface area contributed by atoms with Crippen molar-refractivity contribution in [1.29, 1.82) is 0 Å². The maximum atomic E-state index is 6.07. The number of hydrazine groups is 1. The molecular weight excluding hydrogens is 340 g/mol. The molecule has 2 atom stereocenters. The molecular formula is C18H17ClN4O2. The summed E-state index contributed by atoms with van der Waals surface area (Å²) in [5.74, 6) is 1.91. The standard InChI is InChI=1S/C18H17ClN4O2/c1-24-14-7-5-11(6-8-14)17-20-18(25-23-17)16-10-15(21-22-16)12-3-2-4-13(19)9-12/h2-9,15-16,21-22H,10H2,1H3. The third-order valence-electron chi connectivity index (χ3n) is 4.24. The van der Waals surface area contributed by atoms with Gasteiger partial charge in [0.2, 0.25) is 11.7 Å². The molecule has 2 unspecified atom stereocenters. The number of benzene rings is 2. The summed E-state index contributed by atoms with van der Waals surface area (Å²) in [6.07, 6.45) is 0.796. The van der Waals surface area contributed by atoms with Crippen LogP contribution in [-0.4, -0.2) is 17.3 Å². The van der Waals surface area contributed by atoms with Crippen LogP contribution in [0.15, 0.2) is 53.1 Å². The summed E-state index contributed by atoms with van der Waals surface area (Å²) in [6.45, 7) is 0. The van der Waals surface area contributed by atoms with Gasteiger partial charge in [0.25, 0.3) is 0 Å². The maximum Gasteiger partial charge on any atom is 0.245 e. The molecule has 0 aliphatic carbocycles. The maximum absolute atomic E-state index is 6.07. The first-order chi connectivity index (χ1) is 12.2. The normalized spacial score (nSPS) is 19.9. The average Bonchev–Trinajstić information content (AvgIpc) is 3.31. The fourth-order valence-electron chi connectivity index (χ4n) is 2.89. The molecule has 0 spiro atoms. The van der Waals surface area contributed by atoms with Gasteiger partial charge in [0.1, 0.15) is 11.8 Å². The number of methoxy groups -OCH3 is 1. The van der Waals surface area contributed by atoms with E-state index in [4.69, 9.17) is 20.9 Å². The van der Waals surface area contributed by atoms with E-state index in [0.717, 1.165) is 28.3 Å². The van der Waals surface area contributed by atoms with Crippen LogP contribution in [0, 0.1) is 0 Å². The molecule has 25 heavy (non-hydrogen) atoms. The van der Waals surface area contributed by atoms with E-state index in [-0.39, 0.29) is 12.1 Å². The van der Waals surface area contributed by atoms with Crippen LogP contribution in [-0.2, 0) is 0 Å². The molecule has 1 fully saturated rings. The molecule has 0 bridgehead atoms. The van der Waals surface area contributed by atoms with Crippen LogP contribution in [0.4, 0.5) is 0 Å². The fourth-order valence-corrected chi connectivity index (χ4v) is 3.09.